The molecule has 0 atom stereocenters. The molecule has 0 bridgehead atoms. The fourth-order valence-electron chi connectivity index (χ4n) is 1.11. The summed E-state index contributed by atoms with van der Waals surface area (Å²) in [6.45, 7) is 6.01. The topological polar surface area (TPSA) is 37.2 Å². The van der Waals surface area contributed by atoms with Crippen LogP contribution in [-0.4, -0.2) is 18.2 Å². The maximum atomic E-state index is 5.21. The molecule has 1 aromatic rings. The molecule has 1 rings (SSSR count). The van der Waals surface area contributed by atoms with E-state index in [-0.39, 0.29) is 0 Å². The molecule has 0 aromatic carbocycles. The molecular formula is C11H18N2OS. The van der Waals surface area contributed by atoms with Crippen LogP contribution in [0.15, 0.2) is 22.8 Å². The highest BCUT2D eigenvalue weighted by molar-refractivity contribution is 7.80. The summed E-state index contributed by atoms with van der Waals surface area (Å²) in [6.07, 6.45) is 2.54. The van der Waals surface area contributed by atoms with Crippen molar-refractivity contribution in [1.29, 1.82) is 0 Å². The molecule has 15 heavy (non-hydrogen) atoms. The van der Waals surface area contributed by atoms with Gasteiger partial charge in [-0.05, 0) is 30.3 Å². The van der Waals surface area contributed by atoms with Crippen LogP contribution in [0, 0.1) is 5.92 Å². The molecule has 0 unspecified atom stereocenters. The quantitative estimate of drug-likeness (QED) is 0.752. The predicted octanol–water partition coefficient (Wildman–Crippen LogP) is 1.94. The molecule has 0 aliphatic rings. The Morgan fingerprint density at radius 3 is 2.87 bits per heavy atom. The molecule has 0 amide bonds. The number of hydrogen-bond acceptors (Lipinski definition) is 2. The van der Waals surface area contributed by atoms with Gasteiger partial charge in [0.05, 0.1) is 6.26 Å². The average molecular weight is 226 g/mol. The molecule has 0 radical (unpaired) electrons. The van der Waals surface area contributed by atoms with Crippen LogP contribution in [-0.2, 0) is 6.42 Å². The van der Waals surface area contributed by atoms with E-state index in [1.54, 1.807) is 6.26 Å². The summed E-state index contributed by atoms with van der Waals surface area (Å²) in [5.74, 6) is 1.59. The smallest absolute Gasteiger partial charge is 0.166 e. The van der Waals surface area contributed by atoms with E-state index in [1.165, 1.54) is 0 Å². The molecule has 3 nitrogen and oxygen atoms in total. The highest BCUT2D eigenvalue weighted by atomic mass is 32.1. The second-order valence-corrected chi connectivity index (χ2v) is 4.27. The summed E-state index contributed by atoms with van der Waals surface area (Å²) >= 11 is 5.11. The predicted molar refractivity (Wildman–Crippen MR) is 65.9 cm³/mol. The van der Waals surface area contributed by atoms with Crippen LogP contribution in [0.3, 0.4) is 0 Å². The lowest BCUT2D eigenvalue weighted by Gasteiger charge is -2.11. The monoisotopic (exact) mass is 226 g/mol. The first kappa shape index (κ1) is 12.0. The minimum Gasteiger partial charge on any atom is -0.469 e. The lowest BCUT2D eigenvalue weighted by atomic mass is 10.2. The van der Waals surface area contributed by atoms with E-state index in [4.69, 9.17) is 16.6 Å². The van der Waals surface area contributed by atoms with E-state index < -0.39 is 0 Å². The molecule has 0 saturated carbocycles. The Morgan fingerprint density at radius 1 is 1.47 bits per heavy atom. The summed E-state index contributed by atoms with van der Waals surface area (Å²) in [7, 11) is 0. The van der Waals surface area contributed by atoms with E-state index in [2.05, 4.69) is 24.5 Å². The van der Waals surface area contributed by atoms with Gasteiger partial charge in [0.25, 0.3) is 0 Å². The van der Waals surface area contributed by atoms with Gasteiger partial charge in [-0.1, -0.05) is 13.8 Å². The fraction of sp³-hybridized carbons (Fsp3) is 0.545. The van der Waals surface area contributed by atoms with Gasteiger partial charge in [-0.25, -0.2) is 0 Å². The second-order valence-electron chi connectivity index (χ2n) is 3.86. The molecule has 0 aliphatic carbocycles. The van der Waals surface area contributed by atoms with Crippen LogP contribution >= 0.6 is 12.2 Å². The maximum Gasteiger partial charge on any atom is 0.166 e. The van der Waals surface area contributed by atoms with Crippen molar-refractivity contribution in [3.05, 3.63) is 24.2 Å². The van der Waals surface area contributed by atoms with E-state index in [9.17, 15) is 0 Å². The van der Waals surface area contributed by atoms with E-state index in [1.807, 2.05) is 12.1 Å². The van der Waals surface area contributed by atoms with Crippen LogP contribution in [0.2, 0.25) is 0 Å². The Labute approximate surface area is 96.2 Å². The van der Waals surface area contributed by atoms with Gasteiger partial charge in [-0.15, -0.1) is 0 Å². The zero-order valence-corrected chi connectivity index (χ0v) is 10.1. The standard InChI is InChI=1S/C11H18N2OS/c1-9(2)8-13-11(15)12-6-5-10-4-3-7-14-10/h3-4,7,9H,5-6,8H2,1-2H3,(H2,12,13,15). The first-order chi connectivity index (χ1) is 7.18. The van der Waals surface area contributed by atoms with Gasteiger partial charge in [0, 0.05) is 19.5 Å². The minimum absolute atomic E-state index is 0.606. The summed E-state index contributed by atoms with van der Waals surface area (Å²) in [6, 6.07) is 3.86. The first-order valence-corrected chi connectivity index (χ1v) is 5.63. The molecule has 0 saturated heterocycles. The van der Waals surface area contributed by atoms with Crippen molar-refractivity contribution >= 4 is 17.3 Å². The summed E-state index contributed by atoms with van der Waals surface area (Å²) < 4.78 is 5.21. The average Bonchev–Trinajstić information content (AvgIpc) is 2.67. The molecule has 0 spiro atoms. The zero-order valence-electron chi connectivity index (χ0n) is 9.25. The summed E-state index contributed by atoms with van der Waals surface area (Å²) in [4.78, 5) is 0. The fourth-order valence-corrected chi connectivity index (χ4v) is 1.30. The van der Waals surface area contributed by atoms with Gasteiger partial charge in [0.1, 0.15) is 5.76 Å². The second kappa shape index (κ2) is 6.45. The maximum absolute atomic E-state index is 5.21. The van der Waals surface area contributed by atoms with E-state index >= 15 is 0 Å². The molecule has 1 heterocycles. The molecule has 1 aromatic heterocycles. The van der Waals surface area contributed by atoms with Gasteiger partial charge in [-0.2, -0.15) is 0 Å². The largest absolute Gasteiger partial charge is 0.469 e. The van der Waals surface area contributed by atoms with Gasteiger partial charge in [0.2, 0.25) is 0 Å². The Balaban J connectivity index is 2.07. The number of nitrogens with one attached hydrogen (secondary N) is 2. The third-order valence-electron chi connectivity index (χ3n) is 1.91. The molecule has 84 valence electrons. The van der Waals surface area contributed by atoms with Crippen molar-refractivity contribution in [2.75, 3.05) is 13.1 Å². The zero-order chi connectivity index (χ0) is 11.1. The number of rotatable bonds is 5. The van der Waals surface area contributed by atoms with Crippen LogP contribution < -0.4 is 10.6 Å². The van der Waals surface area contributed by atoms with E-state index in [0.717, 1.165) is 30.4 Å². The number of furan rings is 1. The van der Waals surface area contributed by atoms with Crippen molar-refractivity contribution in [2.45, 2.75) is 20.3 Å². The van der Waals surface area contributed by atoms with Crippen molar-refractivity contribution in [3.8, 4) is 0 Å². The molecule has 0 aliphatic heterocycles. The molecule has 2 N–H and O–H groups in total. The number of hydrogen-bond donors (Lipinski definition) is 2. The van der Waals surface area contributed by atoms with Crippen LogP contribution in [0.25, 0.3) is 0 Å². The van der Waals surface area contributed by atoms with Gasteiger partial charge >= 0.3 is 0 Å². The lowest BCUT2D eigenvalue weighted by Crippen LogP contribution is -2.38. The summed E-state index contributed by atoms with van der Waals surface area (Å²) in [5.41, 5.74) is 0. The van der Waals surface area contributed by atoms with Crippen molar-refractivity contribution in [2.24, 2.45) is 5.92 Å². The molecular weight excluding hydrogens is 208 g/mol. The number of thiocarbonyl (C=S) groups is 1. The van der Waals surface area contributed by atoms with Crippen LogP contribution in [0.1, 0.15) is 19.6 Å². The third kappa shape index (κ3) is 5.42. The van der Waals surface area contributed by atoms with Crippen molar-refractivity contribution in [1.82, 2.24) is 10.6 Å². The molecule has 0 fully saturated rings. The lowest BCUT2D eigenvalue weighted by molar-refractivity contribution is 0.507. The third-order valence-corrected chi connectivity index (χ3v) is 2.20. The first-order valence-electron chi connectivity index (χ1n) is 5.22. The Hall–Kier alpha value is -1.03. The Morgan fingerprint density at radius 2 is 2.27 bits per heavy atom. The highest BCUT2D eigenvalue weighted by Crippen LogP contribution is 1.99. The Bertz CT molecular complexity index is 283. The highest BCUT2D eigenvalue weighted by Gasteiger charge is 1.98. The normalized spacial score (nSPS) is 10.3. The molecule has 4 heteroatoms. The Kier molecular flexibility index (Phi) is 5.18. The minimum atomic E-state index is 0.606. The summed E-state index contributed by atoms with van der Waals surface area (Å²) in [5, 5.41) is 7.01. The van der Waals surface area contributed by atoms with Crippen molar-refractivity contribution in [3.63, 3.8) is 0 Å². The van der Waals surface area contributed by atoms with Gasteiger partial charge < -0.3 is 15.1 Å². The van der Waals surface area contributed by atoms with Gasteiger partial charge in [-0.3, -0.25) is 0 Å². The van der Waals surface area contributed by atoms with Crippen molar-refractivity contribution < 1.29 is 4.42 Å². The SMILES string of the molecule is CC(C)CNC(=S)NCCc1ccco1. The van der Waals surface area contributed by atoms with Crippen LogP contribution in [0.5, 0.6) is 0 Å². The van der Waals surface area contributed by atoms with Crippen LogP contribution in [0.4, 0.5) is 0 Å². The van der Waals surface area contributed by atoms with Gasteiger partial charge in [0.15, 0.2) is 5.11 Å². The van der Waals surface area contributed by atoms with E-state index in [0.29, 0.717) is 5.92 Å².